The number of nitrogens with zero attached hydrogens (tertiary/aromatic N) is 4. The smallest absolute Gasteiger partial charge is 0.165 e. The quantitative estimate of drug-likeness (QED) is 0.934. The first-order valence-corrected chi connectivity index (χ1v) is 7.60. The molecule has 2 heterocycles. The van der Waals surface area contributed by atoms with Crippen molar-refractivity contribution in [3.63, 3.8) is 0 Å². The van der Waals surface area contributed by atoms with Gasteiger partial charge in [0.05, 0.1) is 18.8 Å². The fourth-order valence-corrected chi connectivity index (χ4v) is 3.06. The number of aliphatic hydroxyl groups excluding tert-OH is 1. The Morgan fingerprint density at radius 3 is 2.81 bits per heavy atom. The molecule has 5 nitrogen and oxygen atoms in total. The summed E-state index contributed by atoms with van der Waals surface area (Å²) in [6, 6.07) is 10.7. The summed E-state index contributed by atoms with van der Waals surface area (Å²) < 4.78 is 1.80. The van der Waals surface area contributed by atoms with Crippen LogP contribution in [0.1, 0.15) is 32.0 Å². The van der Waals surface area contributed by atoms with Crippen LogP contribution in [-0.4, -0.2) is 43.5 Å². The van der Waals surface area contributed by atoms with Crippen LogP contribution in [0.5, 0.6) is 0 Å². The Morgan fingerprint density at radius 2 is 2.05 bits per heavy atom. The predicted molar refractivity (Wildman–Crippen MR) is 81.1 cm³/mol. The molecular formula is C16H22N4O. The number of rotatable bonds is 4. The molecule has 1 aromatic heterocycles. The molecule has 1 N–H and O–H groups in total. The van der Waals surface area contributed by atoms with E-state index in [1.165, 1.54) is 12.8 Å². The highest BCUT2D eigenvalue weighted by atomic mass is 16.3. The van der Waals surface area contributed by atoms with E-state index in [0.29, 0.717) is 12.6 Å². The van der Waals surface area contributed by atoms with Gasteiger partial charge in [0, 0.05) is 12.1 Å². The molecule has 0 spiro atoms. The molecule has 0 aliphatic carbocycles. The van der Waals surface area contributed by atoms with Crippen LogP contribution in [0.25, 0.3) is 5.69 Å². The van der Waals surface area contributed by atoms with E-state index in [9.17, 15) is 5.11 Å². The van der Waals surface area contributed by atoms with Crippen molar-refractivity contribution in [3.05, 3.63) is 42.5 Å². The molecule has 5 heteroatoms. The zero-order valence-electron chi connectivity index (χ0n) is 12.4. The molecule has 21 heavy (non-hydrogen) atoms. The van der Waals surface area contributed by atoms with Crippen LogP contribution in [0.3, 0.4) is 0 Å². The Balaban J connectivity index is 1.74. The van der Waals surface area contributed by atoms with E-state index >= 15 is 0 Å². The largest absolute Gasteiger partial charge is 0.395 e. The van der Waals surface area contributed by atoms with Gasteiger partial charge in [-0.15, -0.1) is 5.10 Å². The highest BCUT2D eigenvalue weighted by Crippen LogP contribution is 2.24. The van der Waals surface area contributed by atoms with Gasteiger partial charge in [-0.1, -0.05) is 24.6 Å². The van der Waals surface area contributed by atoms with E-state index in [2.05, 4.69) is 21.9 Å². The van der Waals surface area contributed by atoms with Crippen LogP contribution in [-0.2, 0) is 6.54 Å². The summed E-state index contributed by atoms with van der Waals surface area (Å²) in [4.78, 5) is 6.75. The maximum atomic E-state index is 9.55. The van der Waals surface area contributed by atoms with Gasteiger partial charge in [-0.05, 0) is 31.9 Å². The lowest BCUT2D eigenvalue weighted by molar-refractivity contribution is 0.0431. The van der Waals surface area contributed by atoms with Crippen LogP contribution in [0.4, 0.5) is 0 Å². The fourth-order valence-electron chi connectivity index (χ4n) is 3.06. The molecule has 0 saturated carbocycles. The summed E-state index contributed by atoms with van der Waals surface area (Å²) in [5, 5.41) is 14.1. The van der Waals surface area contributed by atoms with E-state index in [1.807, 2.05) is 30.3 Å². The first kappa shape index (κ1) is 14.2. The Kier molecular flexibility index (Phi) is 4.31. The van der Waals surface area contributed by atoms with E-state index < -0.39 is 0 Å². The highest BCUT2D eigenvalue weighted by Gasteiger charge is 2.28. The van der Waals surface area contributed by atoms with Gasteiger partial charge in [0.2, 0.25) is 0 Å². The van der Waals surface area contributed by atoms with E-state index in [-0.39, 0.29) is 12.6 Å². The van der Waals surface area contributed by atoms with Crippen LogP contribution in [0.2, 0.25) is 0 Å². The molecule has 1 aromatic carbocycles. The second-order valence-electron chi connectivity index (χ2n) is 5.73. The zero-order chi connectivity index (χ0) is 14.7. The molecule has 0 radical (unpaired) electrons. The van der Waals surface area contributed by atoms with Gasteiger partial charge in [-0.2, -0.15) is 0 Å². The minimum Gasteiger partial charge on any atom is -0.395 e. The molecule has 1 aliphatic heterocycles. The lowest BCUT2D eigenvalue weighted by atomic mass is 9.97. The average molecular weight is 286 g/mol. The molecule has 3 rings (SSSR count). The van der Waals surface area contributed by atoms with Crippen molar-refractivity contribution in [1.82, 2.24) is 19.7 Å². The van der Waals surface area contributed by atoms with Crippen LogP contribution < -0.4 is 0 Å². The zero-order valence-corrected chi connectivity index (χ0v) is 12.4. The minimum atomic E-state index is 0.212. The Morgan fingerprint density at radius 1 is 1.24 bits per heavy atom. The third-order valence-corrected chi connectivity index (χ3v) is 4.29. The van der Waals surface area contributed by atoms with E-state index in [1.54, 1.807) is 11.0 Å². The molecule has 0 unspecified atom stereocenters. The number of aromatic nitrogens is 3. The van der Waals surface area contributed by atoms with Crippen molar-refractivity contribution in [2.75, 3.05) is 6.61 Å². The van der Waals surface area contributed by atoms with Gasteiger partial charge >= 0.3 is 0 Å². The lowest BCUT2D eigenvalue weighted by Gasteiger charge is -2.39. The summed E-state index contributed by atoms with van der Waals surface area (Å²) >= 11 is 0. The van der Waals surface area contributed by atoms with Gasteiger partial charge in [0.25, 0.3) is 0 Å². The number of likely N-dealkylation sites (tertiary alicyclic amines) is 1. The minimum absolute atomic E-state index is 0.212. The Labute approximate surface area is 125 Å². The third-order valence-electron chi connectivity index (χ3n) is 4.29. The monoisotopic (exact) mass is 286 g/mol. The van der Waals surface area contributed by atoms with Crippen molar-refractivity contribution >= 4 is 0 Å². The Hall–Kier alpha value is -1.72. The maximum Gasteiger partial charge on any atom is 0.165 e. The lowest BCUT2D eigenvalue weighted by Crippen LogP contribution is -2.46. The van der Waals surface area contributed by atoms with Crippen molar-refractivity contribution in [1.29, 1.82) is 0 Å². The molecule has 2 atom stereocenters. The van der Waals surface area contributed by atoms with Gasteiger partial charge in [0.1, 0.15) is 6.33 Å². The third kappa shape index (κ3) is 3.14. The van der Waals surface area contributed by atoms with Crippen molar-refractivity contribution < 1.29 is 5.11 Å². The van der Waals surface area contributed by atoms with Crippen LogP contribution in [0.15, 0.2) is 36.7 Å². The molecule has 1 saturated heterocycles. The molecule has 112 valence electrons. The standard InChI is InChI=1S/C16H22N4O/c1-13-6-5-9-15(11-21)19(13)10-16-17-12-20(18-16)14-7-3-2-4-8-14/h2-4,7-8,12-13,15,21H,5-6,9-11H2,1H3/t13-,15+/m0/s1. The van der Waals surface area contributed by atoms with Crippen LogP contribution >= 0.6 is 0 Å². The predicted octanol–water partition coefficient (Wildman–Crippen LogP) is 2.00. The first-order chi connectivity index (χ1) is 10.3. The number of benzene rings is 1. The van der Waals surface area contributed by atoms with Gasteiger partial charge in [-0.25, -0.2) is 9.67 Å². The number of piperidine rings is 1. The van der Waals surface area contributed by atoms with Gasteiger partial charge < -0.3 is 5.11 Å². The second kappa shape index (κ2) is 6.37. The highest BCUT2D eigenvalue weighted by molar-refractivity contribution is 5.29. The summed E-state index contributed by atoms with van der Waals surface area (Å²) in [6.45, 7) is 3.13. The maximum absolute atomic E-state index is 9.55. The molecule has 1 fully saturated rings. The van der Waals surface area contributed by atoms with Gasteiger partial charge in [0.15, 0.2) is 5.82 Å². The topological polar surface area (TPSA) is 54.2 Å². The molecule has 2 aromatic rings. The average Bonchev–Trinajstić information content (AvgIpc) is 2.99. The second-order valence-corrected chi connectivity index (χ2v) is 5.73. The van der Waals surface area contributed by atoms with E-state index in [4.69, 9.17) is 0 Å². The SMILES string of the molecule is C[C@H]1CCC[C@H](CO)N1Cc1ncn(-c2ccccc2)n1. The number of hydrogen-bond acceptors (Lipinski definition) is 4. The van der Waals surface area contributed by atoms with Crippen molar-refractivity contribution in [2.24, 2.45) is 0 Å². The van der Waals surface area contributed by atoms with Crippen molar-refractivity contribution in [2.45, 2.75) is 44.8 Å². The summed E-state index contributed by atoms with van der Waals surface area (Å²) in [6.07, 6.45) is 5.18. The fraction of sp³-hybridized carbons (Fsp3) is 0.500. The van der Waals surface area contributed by atoms with Crippen LogP contribution in [0, 0.1) is 0 Å². The summed E-state index contributed by atoms with van der Waals surface area (Å²) in [5.74, 6) is 0.811. The number of hydrogen-bond donors (Lipinski definition) is 1. The molecule has 0 bridgehead atoms. The molecule has 0 amide bonds. The normalized spacial score (nSPS) is 23.3. The first-order valence-electron chi connectivity index (χ1n) is 7.60. The van der Waals surface area contributed by atoms with E-state index in [0.717, 1.165) is 17.9 Å². The Bertz CT molecular complexity index is 569. The summed E-state index contributed by atoms with van der Waals surface area (Å²) in [7, 11) is 0. The number of para-hydroxylation sites is 1. The molecule has 1 aliphatic rings. The van der Waals surface area contributed by atoms with Crippen molar-refractivity contribution in [3.8, 4) is 5.69 Å². The number of aliphatic hydroxyl groups is 1. The molecular weight excluding hydrogens is 264 g/mol. The van der Waals surface area contributed by atoms with Gasteiger partial charge in [-0.3, -0.25) is 4.90 Å². The summed E-state index contributed by atoms with van der Waals surface area (Å²) in [5.41, 5.74) is 1.02.